The van der Waals surface area contributed by atoms with E-state index >= 15 is 0 Å². The summed E-state index contributed by atoms with van der Waals surface area (Å²) < 4.78 is 54.3. The zero-order valence-electron chi connectivity index (χ0n) is 21.6. The number of aliphatic hydroxyl groups excluding tert-OH is 1. The van der Waals surface area contributed by atoms with E-state index in [0.29, 0.717) is 34.0 Å². The lowest BCUT2D eigenvalue weighted by Gasteiger charge is -2.35. The van der Waals surface area contributed by atoms with Crippen LogP contribution in [0.2, 0.25) is 0 Å². The van der Waals surface area contributed by atoms with Gasteiger partial charge in [-0.25, -0.2) is 22.2 Å². The molecule has 1 aliphatic carbocycles. The quantitative estimate of drug-likeness (QED) is 0.443. The van der Waals surface area contributed by atoms with E-state index < -0.39 is 28.5 Å². The van der Waals surface area contributed by atoms with Crippen molar-refractivity contribution in [2.45, 2.75) is 44.4 Å². The maximum Gasteiger partial charge on any atom is 0.258 e. The average Bonchev–Trinajstić information content (AvgIpc) is 3.66. The Morgan fingerprint density at radius 1 is 1.00 bits per heavy atom. The number of halogens is 2. The minimum Gasteiger partial charge on any atom is -0.392 e. The summed E-state index contributed by atoms with van der Waals surface area (Å²) in [4.78, 5) is 21.8. The fourth-order valence-corrected chi connectivity index (χ4v) is 6.09. The summed E-state index contributed by atoms with van der Waals surface area (Å²) in [5.41, 5.74) is 1.71. The Morgan fingerprint density at radius 3 is 2.36 bits per heavy atom. The number of hydrogen-bond donors (Lipinski definition) is 3. The molecule has 0 atom stereocenters. The van der Waals surface area contributed by atoms with Gasteiger partial charge >= 0.3 is 0 Å². The molecule has 1 amide bonds. The molecule has 1 saturated carbocycles. The Hall–Kier alpha value is -3.25. The lowest BCUT2D eigenvalue weighted by Crippen LogP contribution is -2.39. The molecule has 0 radical (unpaired) electrons. The fourth-order valence-electron chi connectivity index (χ4n) is 5.23. The third-order valence-corrected chi connectivity index (χ3v) is 8.87. The summed E-state index contributed by atoms with van der Waals surface area (Å²) in [6.07, 6.45) is 5.13. The van der Waals surface area contributed by atoms with Gasteiger partial charge in [-0.1, -0.05) is 6.07 Å². The number of piperidine rings is 2. The highest BCUT2D eigenvalue weighted by atomic mass is 32.2. The van der Waals surface area contributed by atoms with Crippen molar-refractivity contribution in [3.63, 3.8) is 0 Å². The van der Waals surface area contributed by atoms with Gasteiger partial charge in [0.05, 0.1) is 23.5 Å². The topological polar surface area (TPSA) is 115 Å². The Morgan fingerprint density at radius 2 is 1.69 bits per heavy atom. The summed E-state index contributed by atoms with van der Waals surface area (Å²) in [6, 6.07) is 9.86. The highest BCUT2D eigenvalue weighted by Crippen LogP contribution is 2.54. The van der Waals surface area contributed by atoms with Crippen LogP contribution in [-0.2, 0) is 10.0 Å². The largest absolute Gasteiger partial charge is 0.392 e. The molecule has 2 aromatic rings. The molecule has 1 spiro atoms. The van der Waals surface area contributed by atoms with Crippen molar-refractivity contribution in [3.8, 4) is 0 Å². The van der Waals surface area contributed by atoms with E-state index in [-0.39, 0.29) is 25.9 Å². The molecule has 1 aromatic carbocycles. The first-order valence-corrected chi connectivity index (χ1v) is 14.7. The Labute approximate surface area is 227 Å². The predicted octanol–water partition coefficient (Wildman–Crippen LogP) is 4.20. The Kier molecular flexibility index (Phi) is 7.51. The van der Waals surface area contributed by atoms with Gasteiger partial charge in [0.2, 0.25) is 0 Å². The van der Waals surface area contributed by atoms with Crippen LogP contribution in [-0.4, -0.2) is 63.1 Å². The van der Waals surface area contributed by atoms with Crippen LogP contribution >= 0.6 is 0 Å². The van der Waals surface area contributed by atoms with E-state index in [1.54, 1.807) is 35.2 Å². The molecule has 5 rings (SSSR count). The average molecular weight is 562 g/mol. The summed E-state index contributed by atoms with van der Waals surface area (Å²) in [5.74, 6) is -2.24. The van der Waals surface area contributed by atoms with Gasteiger partial charge in [0.1, 0.15) is 11.6 Å². The van der Waals surface area contributed by atoms with Crippen molar-refractivity contribution in [2.75, 3.05) is 52.6 Å². The van der Waals surface area contributed by atoms with Gasteiger partial charge in [-0.15, -0.1) is 0 Å². The van der Waals surface area contributed by atoms with E-state index in [9.17, 15) is 22.0 Å². The van der Waals surface area contributed by atoms with Gasteiger partial charge in [-0.05, 0) is 67.5 Å². The van der Waals surface area contributed by atoms with Crippen molar-refractivity contribution in [1.29, 1.82) is 0 Å². The molecular formula is C27H33F2N5O4S. The number of nitrogens with zero attached hydrogens (tertiary/aromatic N) is 3. The van der Waals surface area contributed by atoms with Crippen LogP contribution in [0.1, 0.15) is 48.9 Å². The van der Waals surface area contributed by atoms with Gasteiger partial charge in [-0.3, -0.25) is 9.52 Å². The van der Waals surface area contributed by atoms with Crippen molar-refractivity contribution in [2.24, 2.45) is 5.41 Å². The van der Waals surface area contributed by atoms with Crippen LogP contribution in [0.25, 0.3) is 0 Å². The van der Waals surface area contributed by atoms with Gasteiger partial charge in [0.25, 0.3) is 21.9 Å². The Bertz CT molecular complexity index is 1340. The maximum atomic E-state index is 13.6. The van der Waals surface area contributed by atoms with Gasteiger partial charge in [-0.2, -0.15) is 0 Å². The SMILES string of the molecule is O=C(Nc1cccc(N2CCC(F)(F)CC2)n1)c1ccc(NS(=O)(=O)/C=C/CO)cc1N1CCC2(CC1)CC2. The van der Waals surface area contributed by atoms with E-state index in [1.807, 2.05) is 0 Å². The van der Waals surface area contributed by atoms with Gasteiger partial charge in [0.15, 0.2) is 0 Å². The van der Waals surface area contributed by atoms with E-state index in [4.69, 9.17) is 5.11 Å². The molecule has 9 nitrogen and oxygen atoms in total. The molecular weight excluding hydrogens is 528 g/mol. The van der Waals surface area contributed by atoms with Crippen molar-refractivity contribution >= 4 is 38.9 Å². The molecule has 210 valence electrons. The number of anilines is 4. The summed E-state index contributed by atoms with van der Waals surface area (Å²) in [6.45, 7) is 1.48. The molecule has 1 aromatic heterocycles. The number of nitrogens with one attached hydrogen (secondary N) is 2. The van der Waals surface area contributed by atoms with E-state index in [2.05, 4.69) is 19.9 Å². The normalized spacial score (nSPS) is 20.3. The van der Waals surface area contributed by atoms with E-state index in [0.717, 1.165) is 37.4 Å². The summed E-state index contributed by atoms with van der Waals surface area (Å²) >= 11 is 0. The van der Waals surface area contributed by atoms with Crippen LogP contribution in [0.3, 0.4) is 0 Å². The van der Waals surface area contributed by atoms with Crippen LogP contribution in [0.15, 0.2) is 47.9 Å². The van der Waals surface area contributed by atoms with Crippen LogP contribution in [0, 0.1) is 5.41 Å². The molecule has 3 fully saturated rings. The smallest absolute Gasteiger partial charge is 0.258 e. The lowest BCUT2D eigenvalue weighted by atomic mass is 9.93. The second-order valence-corrected chi connectivity index (χ2v) is 12.2. The second-order valence-electron chi connectivity index (χ2n) is 10.6. The number of sulfonamides is 1. The molecule has 39 heavy (non-hydrogen) atoms. The highest BCUT2D eigenvalue weighted by molar-refractivity contribution is 7.95. The van der Waals surface area contributed by atoms with Gasteiger partial charge in [0, 0.05) is 44.4 Å². The number of amides is 1. The van der Waals surface area contributed by atoms with Crippen molar-refractivity contribution < 1.29 is 27.1 Å². The minimum absolute atomic E-state index is 0.183. The number of aromatic nitrogens is 1. The number of benzene rings is 1. The van der Waals surface area contributed by atoms with Crippen molar-refractivity contribution in [1.82, 2.24) is 4.98 Å². The minimum atomic E-state index is -3.83. The number of aliphatic hydroxyl groups is 1. The molecule has 2 aliphatic heterocycles. The monoisotopic (exact) mass is 561 g/mol. The van der Waals surface area contributed by atoms with E-state index in [1.165, 1.54) is 18.9 Å². The van der Waals surface area contributed by atoms with Crippen molar-refractivity contribution in [3.05, 3.63) is 53.4 Å². The summed E-state index contributed by atoms with van der Waals surface area (Å²) in [7, 11) is -3.83. The first-order chi connectivity index (χ1) is 18.6. The molecule has 3 N–H and O–H groups in total. The van der Waals surface area contributed by atoms with Crippen LogP contribution < -0.4 is 19.8 Å². The second kappa shape index (κ2) is 10.7. The van der Waals surface area contributed by atoms with Gasteiger partial charge < -0.3 is 20.2 Å². The molecule has 0 bridgehead atoms. The Balaban J connectivity index is 1.37. The third-order valence-electron chi connectivity index (χ3n) is 7.80. The third kappa shape index (κ3) is 6.67. The highest BCUT2D eigenvalue weighted by Gasteiger charge is 2.44. The van der Waals surface area contributed by atoms with Crippen LogP contribution in [0.5, 0.6) is 0 Å². The number of rotatable bonds is 8. The number of hydrogen-bond acceptors (Lipinski definition) is 7. The lowest BCUT2D eigenvalue weighted by molar-refractivity contribution is -0.0221. The number of carbonyl (C=O) groups is 1. The molecule has 2 saturated heterocycles. The molecule has 3 heterocycles. The molecule has 12 heteroatoms. The zero-order valence-corrected chi connectivity index (χ0v) is 22.4. The first kappa shape index (κ1) is 27.3. The molecule has 0 unspecified atom stereocenters. The number of alkyl halides is 2. The first-order valence-electron chi connectivity index (χ1n) is 13.2. The fraction of sp³-hybridized carbons (Fsp3) is 0.481. The zero-order chi connectivity index (χ0) is 27.7. The summed E-state index contributed by atoms with van der Waals surface area (Å²) in [5, 5.41) is 12.6. The number of pyridine rings is 1. The maximum absolute atomic E-state index is 13.6. The molecule has 3 aliphatic rings. The van der Waals surface area contributed by atoms with Crippen LogP contribution in [0.4, 0.5) is 31.8 Å². The predicted molar refractivity (Wildman–Crippen MR) is 147 cm³/mol. The standard InChI is InChI=1S/C27H33F2N5O4S/c28-27(29)11-15-34(16-12-27)24-4-1-3-23(30-24)31-25(36)21-6-5-20(32-39(37,38)18-2-17-35)19-22(21)33-13-9-26(7-8-26)10-14-33/h1-6,18-19,32,35H,7-17H2,(H,30,31,36)/b18-2+. The number of carbonyl (C=O) groups excluding carboxylic acids is 1.